The van der Waals surface area contributed by atoms with Crippen LogP contribution in [0.3, 0.4) is 0 Å². The fraction of sp³-hybridized carbons (Fsp3) is 0.286. The molecule has 6 heteroatoms. The van der Waals surface area contributed by atoms with Crippen molar-refractivity contribution in [1.29, 1.82) is 0 Å². The van der Waals surface area contributed by atoms with E-state index in [1.54, 1.807) is 7.11 Å². The maximum absolute atomic E-state index is 12.8. The fourth-order valence-electron chi connectivity index (χ4n) is 3.65. The minimum atomic E-state index is 0.0435. The lowest BCUT2D eigenvalue weighted by Crippen LogP contribution is -2.29. The van der Waals surface area contributed by atoms with Crippen LogP contribution < -0.4 is 0 Å². The smallest absolute Gasteiger partial charge is 0.253 e. The van der Waals surface area contributed by atoms with Crippen molar-refractivity contribution in [2.75, 3.05) is 26.8 Å². The van der Waals surface area contributed by atoms with Gasteiger partial charge >= 0.3 is 0 Å². The second-order valence-electron chi connectivity index (χ2n) is 6.81. The first-order valence-corrected chi connectivity index (χ1v) is 9.07. The SMILES string of the molecule is COC[C@@H]1CN(C(=O)c2ccccc2)C[C@H]1c1nc(-c2ccccc2)n[nH]1. The molecule has 138 valence electrons. The van der Waals surface area contributed by atoms with Gasteiger partial charge < -0.3 is 9.64 Å². The molecule has 0 spiro atoms. The number of hydrogen-bond acceptors (Lipinski definition) is 4. The topological polar surface area (TPSA) is 71.1 Å². The van der Waals surface area contributed by atoms with Crippen LogP contribution in [0.15, 0.2) is 60.7 Å². The summed E-state index contributed by atoms with van der Waals surface area (Å²) in [6.07, 6.45) is 0. The average Bonchev–Trinajstić information content (AvgIpc) is 3.36. The Balaban J connectivity index is 1.56. The summed E-state index contributed by atoms with van der Waals surface area (Å²) in [4.78, 5) is 19.4. The molecule has 1 aliphatic heterocycles. The van der Waals surface area contributed by atoms with Crippen molar-refractivity contribution in [2.45, 2.75) is 5.92 Å². The number of H-pyrrole nitrogens is 1. The van der Waals surface area contributed by atoms with Crippen molar-refractivity contribution in [3.05, 3.63) is 72.1 Å². The Morgan fingerprint density at radius 3 is 2.52 bits per heavy atom. The summed E-state index contributed by atoms with van der Waals surface area (Å²) >= 11 is 0. The van der Waals surface area contributed by atoms with Crippen LogP contribution in [0.5, 0.6) is 0 Å². The monoisotopic (exact) mass is 362 g/mol. The molecule has 1 aromatic heterocycles. The van der Waals surface area contributed by atoms with Gasteiger partial charge in [0, 0.05) is 43.2 Å². The Kier molecular flexibility index (Phi) is 4.98. The number of nitrogens with zero attached hydrogens (tertiary/aromatic N) is 3. The number of methoxy groups -OCH3 is 1. The molecule has 2 heterocycles. The van der Waals surface area contributed by atoms with E-state index in [-0.39, 0.29) is 17.7 Å². The predicted molar refractivity (Wildman–Crippen MR) is 102 cm³/mol. The minimum Gasteiger partial charge on any atom is -0.384 e. The molecule has 3 aromatic rings. The zero-order valence-electron chi connectivity index (χ0n) is 15.2. The van der Waals surface area contributed by atoms with Gasteiger partial charge in [0.2, 0.25) is 0 Å². The molecular weight excluding hydrogens is 340 g/mol. The molecule has 1 saturated heterocycles. The number of aromatic nitrogens is 3. The molecule has 6 nitrogen and oxygen atoms in total. The van der Waals surface area contributed by atoms with Crippen molar-refractivity contribution < 1.29 is 9.53 Å². The summed E-state index contributed by atoms with van der Waals surface area (Å²) in [5.41, 5.74) is 1.68. The van der Waals surface area contributed by atoms with Gasteiger partial charge in [-0.3, -0.25) is 9.89 Å². The zero-order valence-corrected chi connectivity index (χ0v) is 15.2. The van der Waals surface area contributed by atoms with Gasteiger partial charge in [0.25, 0.3) is 5.91 Å². The third kappa shape index (κ3) is 3.61. The Labute approximate surface area is 158 Å². The molecule has 1 amide bonds. The maximum atomic E-state index is 12.8. The largest absolute Gasteiger partial charge is 0.384 e. The van der Waals surface area contributed by atoms with Gasteiger partial charge in [-0.15, -0.1) is 0 Å². The molecule has 0 radical (unpaired) electrons. The number of ether oxygens (including phenoxy) is 1. The third-order valence-electron chi connectivity index (χ3n) is 5.02. The maximum Gasteiger partial charge on any atom is 0.253 e. The molecular formula is C21H22N4O2. The normalized spacial score (nSPS) is 19.4. The molecule has 0 bridgehead atoms. The quantitative estimate of drug-likeness (QED) is 0.757. The van der Waals surface area contributed by atoms with Crippen LogP contribution in [0, 0.1) is 5.92 Å². The Bertz CT molecular complexity index is 895. The molecule has 1 fully saturated rings. The minimum absolute atomic E-state index is 0.0435. The second kappa shape index (κ2) is 7.72. The molecule has 4 rings (SSSR count). The summed E-state index contributed by atoms with van der Waals surface area (Å²) in [5, 5.41) is 7.45. The average molecular weight is 362 g/mol. The van der Waals surface area contributed by atoms with E-state index in [1.165, 1.54) is 0 Å². The lowest BCUT2D eigenvalue weighted by atomic mass is 9.96. The van der Waals surface area contributed by atoms with Gasteiger partial charge in [0.05, 0.1) is 6.61 Å². The van der Waals surface area contributed by atoms with Crippen LogP contribution in [-0.4, -0.2) is 52.8 Å². The molecule has 2 aromatic carbocycles. The first kappa shape index (κ1) is 17.4. The summed E-state index contributed by atoms with van der Waals surface area (Å²) in [6.45, 7) is 1.82. The number of carbonyl (C=O) groups excluding carboxylic acids is 1. The molecule has 0 aliphatic carbocycles. The standard InChI is InChI=1S/C21H22N4O2/c1-27-14-17-12-25(21(26)16-10-6-3-7-11-16)13-18(17)20-22-19(23-24-20)15-8-4-2-5-9-15/h2-11,17-18H,12-14H2,1H3,(H,22,23,24)/t17-,18+/m0/s1. The molecule has 1 N–H and O–H groups in total. The summed E-state index contributed by atoms with van der Waals surface area (Å²) in [7, 11) is 1.69. The van der Waals surface area contributed by atoms with E-state index in [0.29, 0.717) is 31.1 Å². The van der Waals surface area contributed by atoms with Crippen LogP contribution in [-0.2, 0) is 4.74 Å². The number of carbonyl (C=O) groups is 1. The number of hydrogen-bond donors (Lipinski definition) is 1. The van der Waals surface area contributed by atoms with Crippen LogP contribution in [0.2, 0.25) is 0 Å². The van der Waals surface area contributed by atoms with Crippen molar-refractivity contribution in [3.8, 4) is 11.4 Å². The molecule has 2 atom stereocenters. The zero-order chi connectivity index (χ0) is 18.6. The van der Waals surface area contributed by atoms with E-state index in [2.05, 4.69) is 10.2 Å². The van der Waals surface area contributed by atoms with Crippen molar-refractivity contribution in [2.24, 2.45) is 5.92 Å². The van der Waals surface area contributed by atoms with Crippen LogP contribution in [0.1, 0.15) is 22.1 Å². The highest BCUT2D eigenvalue weighted by Crippen LogP contribution is 2.32. The van der Waals surface area contributed by atoms with Gasteiger partial charge in [-0.2, -0.15) is 5.10 Å². The van der Waals surface area contributed by atoms with Crippen LogP contribution in [0.4, 0.5) is 0 Å². The number of benzene rings is 2. The van der Waals surface area contributed by atoms with E-state index < -0.39 is 0 Å². The van der Waals surface area contributed by atoms with E-state index in [9.17, 15) is 4.79 Å². The predicted octanol–water partition coefficient (Wildman–Crippen LogP) is 2.97. The lowest BCUT2D eigenvalue weighted by molar-refractivity contribution is 0.0775. The fourth-order valence-corrected chi connectivity index (χ4v) is 3.65. The first-order chi connectivity index (χ1) is 13.3. The van der Waals surface area contributed by atoms with E-state index >= 15 is 0 Å². The number of rotatable bonds is 5. The number of aromatic amines is 1. The number of nitrogens with one attached hydrogen (secondary N) is 1. The Hall–Kier alpha value is -2.99. The van der Waals surface area contributed by atoms with E-state index in [1.807, 2.05) is 65.6 Å². The molecule has 0 unspecified atom stereocenters. The van der Waals surface area contributed by atoms with Gasteiger partial charge in [-0.1, -0.05) is 48.5 Å². The highest BCUT2D eigenvalue weighted by Gasteiger charge is 2.38. The first-order valence-electron chi connectivity index (χ1n) is 9.07. The van der Waals surface area contributed by atoms with E-state index in [0.717, 1.165) is 11.4 Å². The van der Waals surface area contributed by atoms with Crippen molar-refractivity contribution in [3.63, 3.8) is 0 Å². The lowest BCUT2D eigenvalue weighted by Gasteiger charge is -2.16. The molecule has 0 saturated carbocycles. The Morgan fingerprint density at radius 1 is 1.11 bits per heavy atom. The number of amides is 1. The Morgan fingerprint density at radius 2 is 1.81 bits per heavy atom. The van der Waals surface area contributed by atoms with Gasteiger partial charge in [0.15, 0.2) is 5.82 Å². The van der Waals surface area contributed by atoms with E-state index in [4.69, 9.17) is 9.72 Å². The summed E-state index contributed by atoms with van der Waals surface area (Å²) < 4.78 is 5.40. The second-order valence-corrected chi connectivity index (χ2v) is 6.81. The van der Waals surface area contributed by atoms with Gasteiger partial charge in [-0.25, -0.2) is 4.98 Å². The van der Waals surface area contributed by atoms with Crippen molar-refractivity contribution >= 4 is 5.91 Å². The highest BCUT2D eigenvalue weighted by atomic mass is 16.5. The van der Waals surface area contributed by atoms with Crippen LogP contribution >= 0.6 is 0 Å². The number of likely N-dealkylation sites (tertiary alicyclic amines) is 1. The molecule has 27 heavy (non-hydrogen) atoms. The van der Waals surface area contributed by atoms with Crippen molar-refractivity contribution in [1.82, 2.24) is 20.1 Å². The van der Waals surface area contributed by atoms with Gasteiger partial charge in [-0.05, 0) is 12.1 Å². The summed E-state index contributed by atoms with van der Waals surface area (Å²) in [5.74, 6) is 1.78. The molecule has 1 aliphatic rings. The van der Waals surface area contributed by atoms with Gasteiger partial charge in [0.1, 0.15) is 5.82 Å². The third-order valence-corrected chi connectivity index (χ3v) is 5.02. The highest BCUT2D eigenvalue weighted by molar-refractivity contribution is 5.94. The summed E-state index contributed by atoms with van der Waals surface area (Å²) in [6, 6.07) is 19.3. The van der Waals surface area contributed by atoms with Crippen LogP contribution in [0.25, 0.3) is 11.4 Å².